The summed E-state index contributed by atoms with van der Waals surface area (Å²) in [5.74, 6) is 0.984. The molecule has 0 aliphatic carbocycles. The molecule has 2 N–H and O–H groups in total. The molecule has 0 radical (unpaired) electrons. The van der Waals surface area contributed by atoms with Crippen LogP contribution in [0.4, 0.5) is 0 Å². The minimum atomic E-state index is -0.631. The Hall–Kier alpha value is -1.88. The Morgan fingerprint density at radius 2 is 2.26 bits per heavy atom. The molecular formula is C18H25N3O2. The SMILES string of the molecule is Cc1ccc2[nH]c(CCCNC(=O)[C@@]3(C)CCCO3)nc2c1C. The summed E-state index contributed by atoms with van der Waals surface area (Å²) in [6.45, 7) is 7.41. The van der Waals surface area contributed by atoms with Gasteiger partial charge < -0.3 is 15.0 Å². The monoisotopic (exact) mass is 315 g/mol. The highest BCUT2D eigenvalue weighted by atomic mass is 16.5. The van der Waals surface area contributed by atoms with Crippen molar-refractivity contribution in [1.82, 2.24) is 15.3 Å². The van der Waals surface area contributed by atoms with Crippen LogP contribution in [0.2, 0.25) is 0 Å². The first kappa shape index (κ1) is 16.0. The van der Waals surface area contributed by atoms with E-state index in [9.17, 15) is 4.79 Å². The second-order valence-electron chi connectivity index (χ2n) is 6.63. The zero-order valence-corrected chi connectivity index (χ0v) is 14.2. The maximum Gasteiger partial charge on any atom is 0.251 e. The fourth-order valence-electron chi connectivity index (χ4n) is 3.09. The van der Waals surface area contributed by atoms with Crippen molar-refractivity contribution in [1.29, 1.82) is 0 Å². The van der Waals surface area contributed by atoms with E-state index in [0.29, 0.717) is 13.2 Å². The molecule has 0 spiro atoms. The smallest absolute Gasteiger partial charge is 0.251 e. The Morgan fingerprint density at radius 1 is 1.43 bits per heavy atom. The number of aryl methyl sites for hydroxylation is 3. The third kappa shape index (κ3) is 3.24. The van der Waals surface area contributed by atoms with Crippen LogP contribution in [0, 0.1) is 13.8 Å². The molecule has 0 bridgehead atoms. The molecule has 1 aromatic carbocycles. The molecule has 1 atom stereocenters. The number of fused-ring (bicyclic) bond motifs is 1. The lowest BCUT2D eigenvalue weighted by molar-refractivity contribution is -0.139. The number of hydrogen-bond acceptors (Lipinski definition) is 3. The molecule has 0 saturated carbocycles. The number of carbonyl (C=O) groups is 1. The van der Waals surface area contributed by atoms with Gasteiger partial charge in [-0.15, -0.1) is 0 Å². The zero-order valence-electron chi connectivity index (χ0n) is 14.2. The topological polar surface area (TPSA) is 67.0 Å². The summed E-state index contributed by atoms with van der Waals surface area (Å²) in [7, 11) is 0. The molecule has 1 fully saturated rings. The number of carbonyl (C=O) groups excluding carboxylic acids is 1. The number of imidazole rings is 1. The van der Waals surface area contributed by atoms with Crippen LogP contribution >= 0.6 is 0 Å². The summed E-state index contributed by atoms with van der Waals surface area (Å²) in [5, 5.41) is 2.98. The molecule has 1 aromatic heterocycles. The lowest BCUT2D eigenvalue weighted by Gasteiger charge is -2.21. The third-order valence-electron chi connectivity index (χ3n) is 4.80. The molecule has 2 aromatic rings. The molecule has 1 aliphatic rings. The van der Waals surface area contributed by atoms with Gasteiger partial charge in [0.05, 0.1) is 11.0 Å². The van der Waals surface area contributed by atoms with Crippen molar-refractivity contribution >= 4 is 16.9 Å². The van der Waals surface area contributed by atoms with Gasteiger partial charge in [-0.1, -0.05) is 6.07 Å². The van der Waals surface area contributed by atoms with Crippen molar-refractivity contribution in [2.45, 2.75) is 52.1 Å². The van der Waals surface area contributed by atoms with E-state index in [1.165, 1.54) is 11.1 Å². The quantitative estimate of drug-likeness (QED) is 0.834. The highest BCUT2D eigenvalue weighted by Crippen LogP contribution is 2.25. The highest BCUT2D eigenvalue weighted by molar-refractivity contribution is 5.85. The molecule has 2 heterocycles. The largest absolute Gasteiger partial charge is 0.365 e. The van der Waals surface area contributed by atoms with Crippen molar-refractivity contribution in [3.63, 3.8) is 0 Å². The molecule has 23 heavy (non-hydrogen) atoms. The Morgan fingerprint density at radius 3 is 3.00 bits per heavy atom. The van der Waals surface area contributed by atoms with E-state index in [0.717, 1.165) is 42.5 Å². The van der Waals surface area contributed by atoms with Gasteiger partial charge in [-0.25, -0.2) is 4.98 Å². The van der Waals surface area contributed by atoms with E-state index in [-0.39, 0.29) is 5.91 Å². The molecule has 0 unspecified atom stereocenters. The van der Waals surface area contributed by atoms with E-state index >= 15 is 0 Å². The maximum absolute atomic E-state index is 12.1. The van der Waals surface area contributed by atoms with Gasteiger partial charge in [0, 0.05) is 19.6 Å². The highest BCUT2D eigenvalue weighted by Gasteiger charge is 2.37. The minimum Gasteiger partial charge on any atom is -0.365 e. The van der Waals surface area contributed by atoms with E-state index in [1.54, 1.807) is 0 Å². The van der Waals surface area contributed by atoms with Crippen LogP contribution in [0.15, 0.2) is 12.1 Å². The third-order valence-corrected chi connectivity index (χ3v) is 4.80. The number of ether oxygens (including phenoxy) is 1. The molecule has 124 valence electrons. The van der Waals surface area contributed by atoms with Gasteiger partial charge in [-0.3, -0.25) is 4.79 Å². The predicted octanol–water partition coefficient (Wildman–Crippen LogP) is 2.80. The first-order valence-corrected chi connectivity index (χ1v) is 8.37. The molecule has 1 aliphatic heterocycles. The lowest BCUT2D eigenvalue weighted by atomic mass is 10.0. The van der Waals surface area contributed by atoms with Crippen molar-refractivity contribution in [3.05, 3.63) is 29.1 Å². The fourth-order valence-corrected chi connectivity index (χ4v) is 3.09. The van der Waals surface area contributed by atoms with Gasteiger partial charge >= 0.3 is 0 Å². The Kier molecular flexibility index (Phi) is 4.39. The van der Waals surface area contributed by atoms with Crippen LogP contribution in [-0.2, 0) is 16.0 Å². The van der Waals surface area contributed by atoms with Gasteiger partial charge in [0.2, 0.25) is 0 Å². The van der Waals surface area contributed by atoms with Gasteiger partial charge in [0.25, 0.3) is 5.91 Å². The number of amides is 1. The van der Waals surface area contributed by atoms with Crippen LogP contribution in [0.3, 0.4) is 0 Å². The van der Waals surface area contributed by atoms with Crippen molar-refractivity contribution < 1.29 is 9.53 Å². The predicted molar refractivity (Wildman–Crippen MR) is 90.5 cm³/mol. The van der Waals surface area contributed by atoms with E-state index in [4.69, 9.17) is 4.74 Å². The van der Waals surface area contributed by atoms with Gasteiger partial charge in [0.1, 0.15) is 11.4 Å². The number of nitrogens with one attached hydrogen (secondary N) is 2. The first-order chi connectivity index (χ1) is 11.0. The number of nitrogens with zero attached hydrogens (tertiary/aromatic N) is 1. The molecule has 1 saturated heterocycles. The average molecular weight is 315 g/mol. The normalized spacial score (nSPS) is 21.0. The molecular weight excluding hydrogens is 290 g/mol. The van der Waals surface area contributed by atoms with Crippen LogP contribution in [-0.4, -0.2) is 34.6 Å². The van der Waals surface area contributed by atoms with Gasteiger partial charge in [0.15, 0.2) is 0 Å². The molecule has 5 nitrogen and oxygen atoms in total. The number of benzene rings is 1. The average Bonchev–Trinajstić information content (AvgIpc) is 3.15. The summed E-state index contributed by atoms with van der Waals surface area (Å²) in [4.78, 5) is 20.2. The number of aromatic nitrogens is 2. The standard InChI is InChI=1S/C18H25N3O2/c1-12-7-8-14-16(13(12)2)21-15(20-14)6-4-10-19-17(22)18(3)9-5-11-23-18/h7-8H,4-6,9-11H2,1-3H3,(H,19,22)(H,20,21)/t18-/m1/s1. The number of H-pyrrole nitrogens is 1. The first-order valence-electron chi connectivity index (χ1n) is 8.37. The van der Waals surface area contributed by atoms with Gasteiger partial charge in [-0.2, -0.15) is 0 Å². The Balaban J connectivity index is 1.53. The summed E-state index contributed by atoms with van der Waals surface area (Å²) >= 11 is 0. The van der Waals surface area contributed by atoms with Crippen LogP contribution < -0.4 is 5.32 Å². The molecule has 5 heteroatoms. The summed E-state index contributed by atoms with van der Waals surface area (Å²) in [6.07, 6.45) is 3.45. The summed E-state index contributed by atoms with van der Waals surface area (Å²) < 4.78 is 5.55. The molecule has 1 amide bonds. The summed E-state index contributed by atoms with van der Waals surface area (Å²) in [5.41, 5.74) is 3.99. The van der Waals surface area contributed by atoms with Crippen molar-refractivity contribution in [2.24, 2.45) is 0 Å². The number of hydrogen-bond donors (Lipinski definition) is 2. The minimum absolute atomic E-state index is 0.00563. The van der Waals surface area contributed by atoms with Crippen molar-refractivity contribution in [2.75, 3.05) is 13.2 Å². The fraction of sp³-hybridized carbons (Fsp3) is 0.556. The second kappa shape index (κ2) is 6.32. The number of rotatable bonds is 5. The Bertz CT molecular complexity index is 714. The van der Waals surface area contributed by atoms with E-state index < -0.39 is 5.60 Å². The van der Waals surface area contributed by atoms with E-state index in [2.05, 4.69) is 41.3 Å². The van der Waals surface area contributed by atoms with E-state index in [1.807, 2.05) is 6.92 Å². The van der Waals surface area contributed by atoms with Crippen molar-refractivity contribution in [3.8, 4) is 0 Å². The van der Waals surface area contributed by atoms with Gasteiger partial charge in [-0.05, 0) is 57.2 Å². The van der Waals surface area contributed by atoms with Crippen LogP contribution in [0.1, 0.15) is 43.1 Å². The number of aromatic amines is 1. The molecule has 3 rings (SSSR count). The second-order valence-corrected chi connectivity index (χ2v) is 6.63. The summed E-state index contributed by atoms with van der Waals surface area (Å²) in [6, 6.07) is 4.19. The van der Waals surface area contributed by atoms with Crippen LogP contribution in [0.25, 0.3) is 11.0 Å². The lowest BCUT2D eigenvalue weighted by Crippen LogP contribution is -2.44. The maximum atomic E-state index is 12.1. The van der Waals surface area contributed by atoms with Crippen LogP contribution in [0.5, 0.6) is 0 Å². The Labute approximate surface area is 136 Å². The zero-order chi connectivity index (χ0) is 16.4.